The first-order chi connectivity index (χ1) is 33.0. The van der Waals surface area contributed by atoms with E-state index in [4.69, 9.17) is 4.74 Å². The Hall–Kier alpha value is -1.92. The van der Waals surface area contributed by atoms with Crippen LogP contribution in [0.15, 0.2) is 36.5 Å². The van der Waals surface area contributed by atoms with E-state index in [1.807, 2.05) is 0 Å². The molecular weight excluding hydrogens is 827 g/mol. The Morgan fingerprint density at radius 1 is 0.433 bits per heavy atom. The van der Waals surface area contributed by atoms with Crippen molar-refractivity contribution >= 4 is 11.9 Å². The fourth-order valence-electron chi connectivity index (χ4n) is 9.20. The van der Waals surface area contributed by atoms with E-state index in [9.17, 15) is 19.8 Å². The van der Waals surface area contributed by atoms with E-state index in [2.05, 4.69) is 62.5 Å². The number of aliphatic hydroxyl groups excluding tert-OH is 2. The Balaban J connectivity index is 4.50. The predicted octanol–water partition coefficient (Wildman–Crippen LogP) is 18.4. The second-order valence-electron chi connectivity index (χ2n) is 20.4. The number of ether oxygens (including phenoxy) is 1. The molecule has 0 bridgehead atoms. The molecule has 0 saturated heterocycles. The van der Waals surface area contributed by atoms with Crippen LogP contribution in [0, 0.1) is 0 Å². The van der Waals surface area contributed by atoms with Gasteiger partial charge in [-0.3, -0.25) is 9.59 Å². The van der Waals surface area contributed by atoms with Gasteiger partial charge in [-0.15, -0.1) is 0 Å². The number of allylic oxidation sites excluding steroid dienone is 6. The van der Waals surface area contributed by atoms with Gasteiger partial charge in [0.25, 0.3) is 0 Å². The number of rotatable bonds is 54. The number of carbonyl (C=O) groups is 2. The molecule has 1 amide bonds. The van der Waals surface area contributed by atoms with Crippen LogP contribution in [0.2, 0.25) is 0 Å². The first-order valence-corrected chi connectivity index (χ1v) is 29.7. The van der Waals surface area contributed by atoms with Crippen LogP contribution in [0.25, 0.3) is 0 Å². The first kappa shape index (κ1) is 65.1. The zero-order valence-electron chi connectivity index (χ0n) is 45.0. The summed E-state index contributed by atoms with van der Waals surface area (Å²) >= 11 is 0. The fourth-order valence-corrected chi connectivity index (χ4v) is 9.20. The Bertz CT molecular complexity index is 1100. The van der Waals surface area contributed by atoms with Crippen LogP contribution in [-0.4, -0.2) is 46.9 Å². The smallest absolute Gasteiger partial charge is 0.306 e. The molecule has 0 fully saturated rings. The van der Waals surface area contributed by atoms with Crippen molar-refractivity contribution in [2.24, 2.45) is 0 Å². The average molecular weight is 943 g/mol. The highest BCUT2D eigenvalue weighted by Crippen LogP contribution is 2.19. The Morgan fingerprint density at radius 3 is 1.18 bits per heavy atom. The van der Waals surface area contributed by atoms with Crippen molar-refractivity contribution in [1.29, 1.82) is 0 Å². The maximum Gasteiger partial charge on any atom is 0.306 e. The van der Waals surface area contributed by atoms with Gasteiger partial charge in [0.05, 0.1) is 25.2 Å². The van der Waals surface area contributed by atoms with Gasteiger partial charge in [-0.2, -0.15) is 0 Å². The fraction of sp³-hybridized carbons (Fsp3) is 0.869. The maximum atomic E-state index is 13.3. The molecule has 6 nitrogen and oxygen atoms in total. The van der Waals surface area contributed by atoms with Gasteiger partial charge >= 0.3 is 5.97 Å². The second kappa shape index (κ2) is 55.0. The molecule has 394 valence electrons. The topological polar surface area (TPSA) is 95.9 Å². The average Bonchev–Trinajstić information content (AvgIpc) is 3.32. The van der Waals surface area contributed by atoms with Gasteiger partial charge in [0.1, 0.15) is 6.10 Å². The summed E-state index contributed by atoms with van der Waals surface area (Å²) in [5.74, 6) is -0.471. The molecule has 3 unspecified atom stereocenters. The molecule has 0 aliphatic carbocycles. The summed E-state index contributed by atoms with van der Waals surface area (Å²) in [5, 5.41) is 23.9. The molecule has 6 heteroatoms. The lowest BCUT2D eigenvalue weighted by molar-refractivity contribution is -0.151. The number of hydrogen-bond donors (Lipinski definition) is 3. The zero-order chi connectivity index (χ0) is 48.8. The number of aliphatic hydroxyl groups is 2. The van der Waals surface area contributed by atoms with Gasteiger partial charge in [0.15, 0.2) is 0 Å². The van der Waals surface area contributed by atoms with Gasteiger partial charge < -0.3 is 20.3 Å². The van der Waals surface area contributed by atoms with Crippen LogP contribution in [-0.2, 0) is 14.3 Å². The predicted molar refractivity (Wildman–Crippen MR) is 292 cm³/mol. The van der Waals surface area contributed by atoms with E-state index in [1.165, 1.54) is 205 Å². The van der Waals surface area contributed by atoms with Crippen molar-refractivity contribution < 1.29 is 24.5 Å². The van der Waals surface area contributed by atoms with Crippen LogP contribution in [0.4, 0.5) is 0 Å². The van der Waals surface area contributed by atoms with E-state index < -0.39 is 18.2 Å². The molecule has 0 rings (SSSR count). The van der Waals surface area contributed by atoms with Crippen LogP contribution in [0.3, 0.4) is 0 Å². The summed E-state index contributed by atoms with van der Waals surface area (Å²) in [6, 6.07) is -0.702. The van der Waals surface area contributed by atoms with Gasteiger partial charge in [0.2, 0.25) is 5.91 Å². The minimum Gasteiger partial charge on any atom is -0.462 e. The Labute approximate surface area is 417 Å². The second-order valence-corrected chi connectivity index (χ2v) is 20.4. The number of carbonyl (C=O) groups excluding carboxylic acids is 2. The molecule has 0 heterocycles. The number of hydrogen-bond acceptors (Lipinski definition) is 5. The quantitative estimate of drug-likeness (QED) is 0.0321. The highest BCUT2D eigenvalue weighted by molar-refractivity contribution is 5.77. The van der Waals surface area contributed by atoms with Crippen molar-refractivity contribution in [1.82, 2.24) is 5.32 Å². The largest absolute Gasteiger partial charge is 0.462 e. The van der Waals surface area contributed by atoms with Crippen molar-refractivity contribution in [2.45, 2.75) is 334 Å². The van der Waals surface area contributed by atoms with Crippen LogP contribution in [0.1, 0.15) is 316 Å². The van der Waals surface area contributed by atoms with Crippen molar-refractivity contribution in [3.05, 3.63) is 36.5 Å². The summed E-state index contributed by atoms with van der Waals surface area (Å²) in [7, 11) is 0. The van der Waals surface area contributed by atoms with Gasteiger partial charge in [-0.05, 0) is 64.2 Å². The lowest BCUT2D eigenvalue weighted by Gasteiger charge is -2.24. The molecule has 0 aromatic heterocycles. The third-order valence-electron chi connectivity index (χ3n) is 13.7. The number of esters is 1. The molecule has 0 aromatic carbocycles. The lowest BCUT2D eigenvalue weighted by atomic mass is 10.0. The molecule has 0 saturated carbocycles. The minimum absolute atomic E-state index is 0.0769. The monoisotopic (exact) mass is 942 g/mol. The lowest BCUT2D eigenvalue weighted by Crippen LogP contribution is -2.46. The van der Waals surface area contributed by atoms with Crippen molar-refractivity contribution in [2.75, 3.05) is 6.61 Å². The van der Waals surface area contributed by atoms with E-state index in [0.29, 0.717) is 19.3 Å². The SMILES string of the molecule is CCCCC/C=C\C/C=C\C/C=C\CCCCCCCCC(=O)OC(CCCCCCCCCCCCCCC)CC(=O)NC(CO)C(O)CCCCCCCCCCCCCCCCCC. The molecule has 0 aliphatic heterocycles. The molecule has 3 atom stereocenters. The molecule has 67 heavy (non-hydrogen) atoms. The molecular formula is C61H115NO5. The standard InChI is InChI=1S/C61H115NO5/c1-4-7-10-13-16-19-22-25-27-29-30-31-33-36-39-42-45-48-51-54-61(66)67-57(52-49-46-43-40-37-34-24-21-18-15-12-9-6-3)55-60(65)62-58(56-63)59(64)53-50-47-44-41-38-35-32-28-26-23-20-17-14-11-8-5-2/h16,19,25,27,30-31,57-59,63-64H,4-15,17-18,20-24,26,28-29,32-56H2,1-3H3,(H,62,65)/b19-16-,27-25-,31-30-. The summed E-state index contributed by atoms with van der Waals surface area (Å²) in [6.07, 6.45) is 66.3. The van der Waals surface area contributed by atoms with Crippen molar-refractivity contribution in [3.8, 4) is 0 Å². The number of nitrogens with one attached hydrogen (secondary N) is 1. The third kappa shape index (κ3) is 50.3. The normalized spacial score (nSPS) is 13.3. The van der Waals surface area contributed by atoms with Gasteiger partial charge in [-0.25, -0.2) is 0 Å². The zero-order valence-corrected chi connectivity index (χ0v) is 45.0. The highest BCUT2D eigenvalue weighted by Gasteiger charge is 2.24. The van der Waals surface area contributed by atoms with E-state index in [1.54, 1.807) is 0 Å². The van der Waals surface area contributed by atoms with Crippen LogP contribution < -0.4 is 5.32 Å². The van der Waals surface area contributed by atoms with Crippen molar-refractivity contribution in [3.63, 3.8) is 0 Å². The summed E-state index contributed by atoms with van der Waals surface area (Å²) in [4.78, 5) is 26.3. The maximum absolute atomic E-state index is 13.3. The van der Waals surface area contributed by atoms with E-state index >= 15 is 0 Å². The van der Waals surface area contributed by atoms with E-state index in [0.717, 1.165) is 64.2 Å². The van der Waals surface area contributed by atoms with Crippen LogP contribution >= 0.6 is 0 Å². The Kier molecular flexibility index (Phi) is 53.4. The summed E-state index contributed by atoms with van der Waals surface area (Å²) < 4.78 is 5.96. The Morgan fingerprint density at radius 2 is 0.761 bits per heavy atom. The number of unbranched alkanes of at least 4 members (excludes halogenated alkanes) is 36. The van der Waals surface area contributed by atoms with Gasteiger partial charge in [-0.1, -0.05) is 276 Å². The molecule has 0 spiro atoms. The third-order valence-corrected chi connectivity index (χ3v) is 13.7. The first-order valence-electron chi connectivity index (χ1n) is 29.7. The summed E-state index contributed by atoms with van der Waals surface area (Å²) in [6.45, 7) is 6.49. The van der Waals surface area contributed by atoms with E-state index in [-0.39, 0.29) is 24.9 Å². The number of amides is 1. The molecule has 0 aliphatic rings. The molecule has 0 aromatic rings. The molecule has 0 radical (unpaired) electrons. The molecule has 3 N–H and O–H groups in total. The van der Waals surface area contributed by atoms with Gasteiger partial charge in [0, 0.05) is 6.42 Å². The van der Waals surface area contributed by atoms with Crippen LogP contribution in [0.5, 0.6) is 0 Å². The minimum atomic E-state index is -0.788. The summed E-state index contributed by atoms with van der Waals surface area (Å²) in [5.41, 5.74) is 0. The highest BCUT2D eigenvalue weighted by atomic mass is 16.5.